The number of pyridine rings is 3. The maximum atomic E-state index is 12.8. The van der Waals surface area contributed by atoms with Crippen molar-refractivity contribution >= 4 is 44.3 Å². The topological polar surface area (TPSA) is 274 Å². The van der Waals surface area contributed by atoms with E-state index in [2.05, 4.69) is 86.5 Å². The Morgan fingerprint density at radius 3 is 1.66 bits per heavy atom. The number of nitrogens with zero attached hydrogens (tertiary/aromatic N) is 13. The number of hydrogen-bond acceptors (Lipinski definition) is 19. The largest absolute Gasteiger partial charge is 0.393 e. The summed E-state index contributed by atoms with van der Waals surface area (Å²) in [5, 5.41) is 40.4. The zero-order valence-electron chi connectivity index (χ0n) is 58.2. The molecule has 5 fully saturated rings. The van der Waals surface area contributed by atoms with Gasteiger partial charge in [-0.05, 0) is 182 Å². The molecule has 0 unspecified atom stereocenters. The zero-order chi connectivity index (χ0) is 70.1. The van der Waals surface area contributed by atoms with Gasteiger partial charge in [0.15, 0.2) is 5.03 Å². The first kappa shape index (κ1) is 71.9. The third kappa shape index (κ3) is 17.8. The standard InChI is InChI=1S/C28H37N5O.C23H29F3N6O2S.C22H30N6O3/c34-23-11-9-21(10-12-23)25-18-24(22-13-14-29-28(17-22)32-15-2-1-3-16-32)26-19-30-27(31-33(25)26)6-4-5-20-7-8-20;1-14-4-6-16(7-5-14)19-10-18(17-8-9-21(28-12-17)35(33,34)27-3)20-13-29-22(31-32(19)20)30-15(2)11-23(24,25)26;1-14(13-30-3)26-22-25-12-20-18(16-8-9-24-21(10-16)31-23-2)11-19(28(20)27-22)15-4-6-17(29)7-5-15/h13-14,17-21,23,34H,1-12,15-16H2;8-10,12-16,27H,4-7,11H2,1-3H3,(H,30,31);8-12,14-15,17,23,29H,4-7,13H2,1-3H3,(H,26,27)/t;14?,15-,16?;14-,15?,17?/m.00/s1. The minimum atomic E-state index is -4.29. The zero-order valence-corrected chi connectivity index (χ0v) is 59.0. The molecule has 6 N–H and O–H groups in total. The summed E-state index contributed by atoms with van der Waals surface area (Å²) >= 11 is 0. The Hall–Kier alpha value is -7.95. The number of ether oxygens (including phenoxy) is 1. The fraction of sp³-hybridized carbons (Fsp3) is 0.548. The number of hydrogen-bond donors (Lipinski definition) is 6. The fourth-order valence-corrected chi connectivity index (χ4v) is 15.3. The van der Waals surface area contributed by atoms with Crippen LogP contribution in [0.1, 0.15) is 190 Å². The highest BCUT2D eigenvalue weighted by Gasteiger charge is 2.33. The lowest BCUT2D eigenvalue weighted by Gasteiger charge is -2.27. The number of alkyl halides is 3. The van der Waals surface area contributed by atoms with Crippen molar-refractivity contribution in [2.75, 3.05) is 56.4 Å². The van der Waals surface area contributed by atoms with Crippen molar-refractivity contribution in [3.63, 3.8) is 0 Å². The number of sulfonamides is 1. The van der Waals surface area contributed by atoms with Crippen LogP contribution in [0.4, 0.5) is 30.9 Å². The second-order valence-electron chi connectivity index (χ2n) is 28.1. The third-order valence-corrected chi connectivity index (χ3v) is 21.7. The van der Waals surface area contributed by atoms with Crippen LogP contribution in [0.3, 0.4) is 0 Å². The van der Waals surface area contributed by atoms with Gasteiger partial charge in [-0.1, -0.05) is 39.0 Å². The Morgan fingerprint density at radius 1 is 0.600 bits per heavy atom. The van der Waals surface area contributed by atoms with Crippen LogP contribution in [0.15, 0.2) is 96.8 Å². The van der Waals surface area contributed by atoms with Gasteiger partial charge >= 0.3 is 6.18 Å². The Balaban J connectivity index is 0.000000142. The maximum Gasteiger partial charge on any atom is 0.391 e. The minimum absolute atomic E-state index is 0.0878. The average molecular weight is 1400 g/mol. The van der Waals surface area contributed by atoms with Gasteiger partial charge in [0.2, 0.25) is 17.8 Å². The fourth-order valence-electron chi connectivity index (χ4n) is 14.7. The summed E-state index contributed by atoms with van der Waals surface area (Å²) in [7, 11) is 1.03. The first-order chi connectivity index (χ1) is 48.3. The van der Waals surface area contributed by atoms with Gasteiger partial charge in [0, 0.05) is 127 Å². The van der Waals surface area contributed by atoms with Crippen LogP contribution in [-0.2, 0) is 21.2 Å². The van der Waals surface area contributed by atoms with E-state index in [0.29, 0.717) is 47.3 Å². The molecule has 536 valence electrons. The SMILES string of the molecule is CNOc1cc(-c2cc(C3CCC(O)CC3)n3nc(N[C@@H](C)COC)ncc23)ccn1.CNS(=O)(=O)c1ccc(-c2cc(C3CCC(C)CC3)n3nc(N[C@@H](C)CC(F)(F)F)ncc23)cn1.OC1CCC(c2cc(-c3ccnc(N4CCCCC4)c3)c3cnc(CCCC4CC4)nn23)CC1. The van der Waals surface area contributed by atoms with Crippen molar-refractivity contribution in [3.8, 4) is 39.3 Å². The number of methoxy groups -OCH3 is 1. The van der Waals surface area contributed by atoms with Gasteiger partial charge in [0.05, 0.1) is 60.4 Å². The van der Waals surface area contributed by atoms with Crippen molar-refractivity contribution in [1.29, 1.82) is 0 Å². The van der Waals surface area contributed by atoms with E-state index in [-0.39, 0.29) is 35.1 Å². The van der Waals surface area contributed by atoms with Crippen LogP contribution in [0.2, 0.25) is 0 Å². The summed E-state index contributed by atoms with van der Waals surface area (Å²) in [6.45, 7) is 8.46. The molecule has 0 radical (unpaired) electrons. The molecule has 9 aromatic rings. The second kappa shape index (κ2) is 32.4. The molecule has 4 aliphatic carbocycles. The Bertz CT molecular complexity index is 4290. The average Bonchev–Trinajstić information content (AvgIpc) is 1.62. The summed E-state index contributed by atoms with van der Waals surface area (Å²) in [4.78, 5) is 34.4. The van der Waals surface area contributed by atoms with Crippen molar-refractivity contribution in [1.82, 2.24) is 68.9 Å². The van der Waals surface area contributed by atoms with Crippen LogP contribution in [-0.4, -0.2) is 149 Å². The molecule has 23 nitrogen and oxygen atoms in total. The van der Waals surface area contributed by atoms with E-state index in [0.717, 1.165) is 153 Å². The smallest absolute Gasteiger partial charge is 0.391 e. The number of aryl methyl sites for hydroxylation is 1. The van der Waals surface area contributed by atoms with E-state index in [1.54, 1.807) is 37.1 Å². The van der Waals surface area contributed by atoms with Crippen LogP contribution in [0.5, 0.6) is 5.88 Å². The molecule has 2 atom stereocenters. The lowest BCUT2D eigenvalue weighted by atomic mass is 9.81. The van der Waals surface area contributed by atoms with Gasteiger partial charge in [-0.15, -0.1) is 10.2 Å². The number of hydroxylamine groups is 1. The first-order valence-corrected chi connectivity index (χ1v) is 37.3. The monoisotopic (exact) mass is 1400 g/mol. The Labute approximate surface area is 583 Å². The van der Waals surface area contributed by atoms with E-state index >= 15 is 0 Å². The van der Waals surface area contributed by atoms with Gasteiger partial charge in [-0.25, -0.2) is 56.6 Å². The number of piperidine rings is 1. The molecule has 14 rings (SSSR count). The molecule has 0 amide bonds. The van der Waals surface area contributed by atoms with Crippen LogP contribution >= 0.6 is 0 Å². The summed E-state index contributed by atoms with van der Waals surface area (Å²) in [5.74, 6) is 5.83. The minimum Gasteiger partial charge on any atom is -0.393 e. The molecule has 0 aromatic carbocycles. The summed E-state index contributed by atoms with van der Waals surface area (Å²) in [5.41, 5.74) is 14.6. The summed E-state index contributed by atoms with van der Waals surface area (Å²) in [6.07, 6.45) is 26.5. The molecule has 9 aromatic heterocycles. The maximum absolute atomic E-state index is 12.8. The molecule has 1 aliphatic heterocycles. The highest BCUT2D eigenvalue weighted by atomic mass is 32.2. The molecule has 100 heavy (non-hydrogen) atoms. The van der Waals surface area contributed by atoms with E-state index in [1.165, 1.54) is 88.0 Å². The number of nitrogens with one attached hydrogen (secondary N) is 4. The number of aromatic nitrogens is 12. The Morgan fingerprint density at radius 2 is 1.13 bits per heavy atom. The lowest BCUT2D eigenvalue weighted by molar-refractivity contribution is -0.136. The van der Waals surface area contributed by atoms with Crippen LogP contribution in [0.25, 0.3) is 49.9 Å². The predicted molar refractivity (Wildman–Crippen MR) is 380 cm³/mol. The molecule has 0 bridgehead atoms. The van der Waals surface area contributed by atoms with Crippen molar-refractivity contribution in [2.45, 2.75) is 209 Å². The molecule has 4 saturated carbocycles. The lowest BCUT2D eigenvalue weighted by Crippen LogP contribution is -2.30. The number of rotatable bonds is 22. The van der Waals surface area contributed by atoms with Gasteiger partial charge in [0.25, 0.3) is 10.0 Å². The summed E-state index contributed by atoms with van der Waals surface area (Å²) < 4.78 is 75.8. The first-order valence-electron chi connectivity index (χ1n) is 35.8. The van der Waals surface area contributed by atoms with Crippen molar-refractivity contribution < 1.29 is 41.4 Å². The van der Waals surface area contributed by atoms with Crippen LogP contribution in [0, 0.1) is 11.8 Å². The van der Waals surface area contributed by atoms with E-state index in [1.807, 2.05) is 48.2 Å². The van der Waals surface area contributed by atoms with Gasteiger partial charge < -0.3 is 35.3 Å². The number of aliphatic hydroxyl groups is 2. The molecular formula is C73H96F3N17O6S. The highest BCUT2D eigenvalue weighted by molar-refractivity contribution is 7.89. The van der Waals surface area contributed by atoms with E-state index in [9.17, 15) is 31.8 Å². The van der Waals surface area contributed by atoms with Gasteiger partial charge in [0.1, 0.15) is 11.6 Å². The highest BCUT2D eigenvalue weighted by Crippen LogP contribution is 2.43. The van der Waals surface area contributed by atoms with Gasteiger partial charge in [-0.2, -0.15) is 23.8 Å². The number of aliphatic hydroxyl groups excluding tert-OH is 2. The van der Waals surface area contributed by atoms with Crippen molar-refractivity contribution in [2.24, 2.45) is 11.8 Å². The van der Waals surface area contributed by atoms with E-state index < -0.39 is 28.7 Å². The second-order valence-corrected chi connectivity index (χ2v) is 29.9. The Kier molecular flexibility index (Phi) is 23.3. The normalized spacial score (nSPS) is 21.2. The number of fused-ring (bicyclic) bond motifs is 3. The molecule has 27 heteroatoms. The third-order valence-electron chi connectivity index (χ3n) is 20.3. The molecule has 10 heterocycles. The van der Waals surface area contributed by atoms with E-state index in [4.69, 9.17) is 29.7 Å². The van der Waals surface area contributed by atoms with Gasteiger partial charge in [-0.3, -0.25) is 0 Å². The summed E-state index contributed by atoms with van der Waals surface area (Å²) in [6, 6.07) is 17.1. The molecule has 1 saturated heterocycles. The molecular weight excluding hydrogens is 1300 g/mol. The number of anilines is 3. The molecule has 0 spiro atoms. The predicted octanol–water partition coefficient (Wildman–Crippen LogP) is 13.0. The van der Waals surface area contributed by atoms with Crippen LogP contribution < -0.4 is 30.6 Å². The quantitative estimate of drug-likeness (QED) is 0.0344. The molecule has 5 aliphatic rings. The van der Waals surface area contributed by atoms with Crippen molar-refractivity contribution in [3.05, 3.63) is 115 Å². The number of halogens is 3.